The number of likely N-dealkylation sites (N-methyl/N-ethyl adjacent to an activating group) is 1. The van der Waals surface area contributed by atoms with E-state index < -0.39 is 0 Å². The van der Waals surface area contributed by atoms with Crippen molar-refractivity contribution in [3.63, 3.8) is 0 Å². The highest BCUT2D eigenvalue weighted by atomic mass is 16.5. The fraction of sp³-hybridized carbons (Fsp3) is 1.00. The minimum Gasteiger partial charge on any atom is -0.383 e. The van der Waals surface area contributed by atoms with Gasteiger partial charge in [0, 0.05) is 38.8 Å². The quantitative estimate of drug-likeness (QED) is 0.655. The van der Waals surface area contributed by atoms with Gasteiger partial charge < -0.3 is 19.7 Å². The molecule has 17 heavy (non-hydrogen) atoms. The molecule has 0 amide bonds. The van der Waals surface area contributed by atoms with E-state index in [1.807, 2.05) is 0 Å². The number of ether oxygens (including phenoxy) is 2. The van der Waals surface area contributed by atoms with Crippen LogP contribution in [0.4, 0.5) is 0 Å². The summed E-state index contributed by atoms with van der Waals surface area (Å²) in [7, 11) is 1.76. The SMILES string of the molecule is CCNCC1(CN(CC)CCOC)CCOC1. The molecule has 1 unspecified atom stereocenters. The van der Waals surface area contributed by atoms with Crippen molar-refractivity contribution in [1.29, 1.82) is 0 Å². The molecule has 1 fully saturated rings. The largest absolute Gasteiger partial charge is 0.383 e. The van der Waals surface area contributed by atoms with E-state index in [0.29, 0.717) is 5.41 Å². The first-order valence-corrected chi connectivity index (χ1v) is 6.76. The van der Waals surface area contributed by atoms with Crippen molar-refractivity contribution in [2.24, 2.45) is 5.41 Å². The Hall–Kier alpha value is -0.160. The van der Waals surface area contributed by atoms with Crippen molar-refractivity contribution in [3.05, 3.63) is 0 Å². The molecule has 1 aliphatic rings. The van der Waals surface area contributed by atoms with Crippen LogP contribution in [0.1, 0.15) is 20.3 Å². The van der Waals surface area contributed by atoms with Crippen molar-refractivity contribution in [2.75, 3.05) is 59.7 Å². The second-order valence-electron chi connectivity index (χ2n) is 4.94. The third-order valence-electron chi connectivity index (χ3n) is 3.55. The van der Waals surface area contributed by atoms with E-state index in [1.165, 1.54) is 6.42 Å². The van der Waals surface area contributed by atoms with E-state index in [1.54, 1.807) is 7.11 Å². The molecule has 0 bridgehead atoms. The monoisotopic (exact) mass is 244 g/mol. The predicted octanol–water partition coefficient (Wildman–Crippen LogP) is 0.971. The second-order valence-corrected chi connectivity index (χ2v) is 4.94. The number of rotatable bonds is 9. The topological polar surface area (TPSA) is 33.7 Å². The molecule has 1 heterocycles. The summed E-state index contributed by atoms with van der Waals surface area (Å²) in [6.07, 6.45) is 1.17. The Bertz CT molecular complexity index is 194. The summed E-state index contributed by atoms with van der Waals surface area (Å²) >= 11 is 0. The molecule has 102 valence electrons. The van der Waals surface area contributed by atoms with Crippen molar-refractivity contribution in [2.45, 2.75) is 20.3 Å². The molecule has 1 atom stereocenters. The lowest BCUT2D eigenvalue weighted by molar-refractivity contribution is 0.0902. The lowest BCUT2D eigenvalue weighted by Gasteiger charge is -2.34. The number of hydrogen-bond donors (Lipinski definition) is 1. The molecule has 0 aliphatic carbocycles. The summed E-state index contributed by atoms with van der Waals surface area (Å²) in [4.78, 5) is 2.47. The number of methoxy groups -OCH3 is 1. The molecule has 4 heteroatoms. The molecule has 1 aliphatic heterocycles. The molecule has 0 spiro atoms. The van der Waals surface area contributed by atoms with Gasteiger partial charge in [-0.3, -0.25) is 0 Å². The third kappa shape index (κ3) is 4.92. The summed E-state index contributed by atoms with van der Waals surface area (Å²) < 4.78 is 10.8. The molecule has 1 N–H and O–H groups in total. The van der Waals surface area contributed by atoms with Crippen molar-refractivity contribution in [1.82, 2.24) is 10.2 Å². The van der Waals surface area contributed by atoms with Crippen molar-refractivity contribution >= 4 is 0 Å². The predicted molar refractivity (Wildman–Crippen MR) is 70.4 cm³/mol. The van der Waals surface area contributed by atoms with Crippen LogP contribution in [0.2, 0.25) is 0 Å². The highest BCUT2D eigenvalue weighted by molar-refractivity contribution is 4.88. The van der Waals surface area contributed by atoms with Crippen LogP contribution >= 0.6 is 0 Å². The van der Waals surface area contributed by atoms with E-state index in [2.05, 4.69) is 24.1 Å². The molecule has 0 aromatic heterocycles. The van der Waals surface area contributed by atoms with E-state index in [9.17, 15) is 0 Å². The fourth-order valence-corrected chi connectivity index (χ4v) is 2.40. The maximum atomic E-state index is 5.61. The average molecular weight is 244 g/mol. The van der Waals surface area contributed by atoms with Crippen LogP contribution in [-0.2, 0) is 9.47 Å². The first-order chi connectivity index (χ1) is 8.26. The van der Waals surface area contributed by atoms with E-state index in [-0.39, 0.29) is 0 Å². The Morgan fingerprint density at radius 2 is 2.24 bits per heavy atom. The van der Waals surface area contributed by atoms with Crippen LogP contribution in [-0.4, -0.2) is 64.6 Å². The molecule has 1 saturated heterocycles. The van der Waals surface area contributed by atoms with Crippen LogP contribution < -0.4 is 5.32 Å². The normalized spacial score (nSPS) is 24.7. The van der Waals surface area contributed by atoms with Crippen LogP contribution in [0.25, 0.3) is 0 Å². The highest BCUT2D eigenvalue weighted by Crippen LogP contribution is 2.29. The Labute approximate surface area is 106 Å². The van der Waals surface area contributed by atoms with Crippen LogP contribution in [0.3, 0.4) is 0 Å². The molecule has 0 aromatic carbocycles. The maximum Gasteiger partial charge on any atom is 0.0589 e. The van der Waals surface area contributed by atoms with Gasteiger partial charge in [0.1, 0.15) is 0 Å². The molecular weight excluding hydrogens is 216 g/mol. The van der Waals surface area contributed by atoms with Gasteiger partial charge in [-0.05, 0) is 19.5 Å². The number of nitrogens with zero attached hydrogens (tertiary/aromatic N) is 1. The van der Waals surface area contributed by atoms with E-state index in [4.69, 9.17) is 9.47 Å². The molecule has 0 aromatic rings. The molecule has 4 nitrogen and oxygen atoms in total. The van der Waals surface area contributed by atoms with Gasteiger partial charge in [-0.25, -0.2) is 0 Å². The van der Waals surface area contributed by atoms with Crippen LogP contribution in [0.5, 0.6) is 0 Å². The third-order valence-corrected chi connectivity index (χ3v) is 3.55. The number of hydrogen-bond acceptors (Lipinski definition) is 4. The van der Waals surface area contributed by atoms with Crippen LogP contribution in [0, 0.1) is 5.41 Å². The zero-order valence-corrected chi connectivity index (χ0v) is 11.6. The molecule has 0 radical (unpaired) electrons. The van der Waals surface area contributed by atoms with Gasteiger partial charge in [-0.15, -0.1) is 0 Å². The summed E-state index contributed by atoms with van der Waals surface area (Å²) in [6.45, 7) is 12.3. The van der Waals surface area contributed by atoms with Gasteiger partial charge in [0.15, 0.2) is 0 Å². The Balaban J connectivity index is 2.45. The fourth-order valence-electron chi connectivity index (χ4n) is 2.40. The maximum absolute atomic E-state index is 5.61. The Kier molecular flexibility index (Phi) is 7.04. The smallest absolute Gasteiger partial charge is 0.0589 e. The van der Waals surface area contributed by atoms with Gasteiger partial charge in [-0.1, -0.05) is 13.8 Å². The Morgan fingerprint density at radius 3 is 2.76 bits per heavy atom. The van der Waals surface area contributed by atoms with Gasteiger partial charge in [0.05, 0.1) is 13.2 Å². The highest BCUT2D eigenvalue weighted by Gasteiger charge is 2.35. The molecule has 0 saturated carbocycles. The van der Waals surface area contributed by atoms with E-state index >= 15 is 0 Å². The van der Waals surface area contributed by atoms with E-state index in [0.717, 1.165) is 52.5 Å². The van der Waals surface area contributed by atoms with Gasteiger partial charge >= 0.3 is 0 Å². The number of nitrogens with one attached hydrogen (secondary N) is 1. The van der Waals surface area contributed by atoms with Gasteiger partial charge in [0.2, 0.25) is 0 Å². The zero-order valence-electron chi connectivity index (χ0n) is 11.6. The average Bonchev–Trinajstić information content (AvgIpc) is 2.81. The first kappa shape index (κ1) is 14.9. The van der Waals surface area contributed by atoms with Crippen molar-refractivity contribution in [3.8, 4) is 0 Å². The lowest BCUT2D eigenvalue weighted by Crippen LogP contribution is -2.45. The summed E-state index contributed by atoms with van der Waals surface area (Å²) in [5, 5.41) is 3.48. The summed E-state index contributed by atoms with van der Waals surface area (Å²) in [5.74, 6) is 0. The van der Waals surface area contributed by atoms with Gasteiger partial charge in [0.25, 0.3) is 0 Å². The molecule has 1 rings (SSSR count). The lowest BCUT2D eigenvalue weighted by atomic mass is 9.86. The summed E-state index contributed by atoms with van der Waals surface area (Å²) in [6, 6.07) is 0. The van der Waals surface area contributed by atoms with Gasteiger partial charge in [-0.2, -0.15) is 0 Å². The molecular formula is C13H28N2O2. The zero-order chi connectivity index (χ0) is 12.6. The minimum absolute atomic E-state index is 0.305. The van der Waals surface area contributed by atoms with Crippen molar-refractivity contribution < 1.29 is 9.47 Å². The Morgan fingerprint density at radius 1 is 1.41 bits per heavy atom. The first-order valence-electron chi connectivity index (χ1n) is 6.76. The summed E-state index contributed by atoms with van der Waals surface area (Å²) in [5.41, 5.74) is 0.305. The minimum atomic E-state index is 0.305. The van der Waals surface area contributed by atoms with Crippen LogP contribution in [0.15, 0.2) is 0 Å². The standard InChI is InChI=1S/C13H28N2O2/c1-4-14-10-13(6-8-17-12-13)11-15(5-2)7-9-16-3/h14H,4-12H2,1-3H3. The second kappa shape index (κ2) is 8.03.